The second kappa shape index (κ2) is 11.7. The molecule has 0 aliphatic heterocycles. The fraction of sp³-hybridized carbons (Fsp3) is 0.259. The molecular weight excluding hydrogens is 473 g/mol. The summed E-state index contributed by atoms with van der Waals surface area (Å²) in [6.07, 6.45) is -2.90. The first-order valence-corrected chi connectivity index (χ1v) is 11.3. The van der Waals surface area contributed by atoms with E-state index in [-0.39, 0.29) is 0 Å². The number of hydrogen-bond acceptors (Lipinski definition) is 4. The van der Waals surface area contributed by atoms with Gasteiger partial charge in [-0.05, 0) is 71.8 Å². The number of nitrogens with one attached hydrogen (secondary N) is 1. The van der Waals surface area contributed by atoms with Crippen LogP contribution in [-0.2, 0) is 17.6 Å². The largest absolute Gasteiger partial charge is 0.492 e. The molecule has 3 aromatic carbocycles. The van der Waals surface area contributed by atoms with Crippen molar-refractivity contribution in [2.75, 3.05) is 13.2 Å². The molecule has 1 aliphatic rings. The van der Waals surface area contributed by atoms with Crippen LogP contribution in [0.25, 0.3) is 11.1 Å². The molecule has 6 nitrogen and oxygen atoms in total. The van der Waals surface area contributed by atoms with E-state index < -0.39 is 18.1 Å². The van der Waals surface area contributed by atoms with Gasteiger partial charge in [0.15, 0.2) is 0 Å². The number of hydrogen-bond donors (Lipinski definition) is 3. The maximum atomic E-state index is 11.4. The van der Waals surface area contributed by atoms with E-state index in [4.69, 9.17) is 20.4 Å². The number of rotatable bonds is 7. The SMILES string of the molecule is Cc1cc(C(N)=O)ccc1-c1cccc(OCCNC2Cc3ccccc3C2)c1.O=C(O)C(F)(F)F. The average molecular weight is 501 g/mol. The molecule has 0 radical (unpaired) electrons. The van der Waals surface area contributed by atoms with Crippen LogP contribution in [0.4, 0.5) is 13.2 Å². The molecule has 0 saturated carbocycles. The molecule has 36 heavy (non-hydrogen) atoms. The minimum Gasteiger partial charge on any atom is -0.492 e. The number of carbonyl (C=O) groups excluding carboxylic acids is 1. The molecule has 0 aromatic heterocycles. The molecule has 0 fully saturated rings. The molecule has 0 spiro atoms. The van der Waals surface area contributed by atoms with E-state index >= 15 is 0 Å². The van der Waals surface area contributed by atoms with Crippen molar-refractivity contribution in [1.29, 1.82) is 0 Å². The summed E-state index contributed by atoms with van der Waals surface area (Å²) in [6.45, 7) is 3.42. The van der Waals surface area contributed by atoms with Gasteiger partial charge in [0.05, 0.1) is 0 Å². The van der Waals surface area contributed by atoms with Gasteiger partial charge in [0.25, 0.3) is 0 Å². The van der Waals surface area contributed by atoms with Crippen LogP contribution in [0.2, 0.25) is 0 Å². The van der Waals surface area contributed by atoms with E-state index in [9.17, 15) is 18.0 Å². The summed E-state index contributed by atoms with van der Waals surface area (Å²) < 4.78 is 37.7. The second-order valence-electron chi connectivity index (χ2n) is 8.40. The standard InChI is InChI=1S/C25H26N2O2.C2HF3O2/c1-17-13-21(25(26)28)9-10-24(17)20-7-4-8-23(16-20)29-12-11-27-22-14-18-5-2-3-6-19(18)15-22;3-2(4,5)1(6)7/h2-10,13,16,22,27H,11-12,14-15H2,1H3,(H2,26,28);(H,6,7). The lowest BCUT2D eigenvalue weighted by Crippen LogP contribution is -2.33. The van der Waals surface area contributed by atoms with Gasteiger partial charge in [-0.3, -0.25) is 4.79 Å². The summed E-state index contributed by atoms with van der Waals surface area (Å²) in [7, 11) is 0. The van der Waals surface area contributed by atoms with Gasteiger partial charge in [-0.25, -0.2) is 4.79 Å². The van der Waals surface area contributed by atoms with Crippen molar-refractivity contribution in [1.82, 2.24) is 5.32 Å². The van der Waals surface area contributed by atoms with Crippen LogP contribution >= 0.6 is 0 Å². The van der Waals surface area contributed by atoms with Crippen LogP contribution in [0.1, 0.15) is 27.0 Å². The topological polar surface area (TPSA) is 102 Å². The van der Waals surface area contributed by atoms with Crippen molar-refractivity contribution < 1.29 is 32.6 Å². The fourth-order valence-corrected chi connectivity index (χ4v) is 4.03. The molecule has 1 amide bonds. The smallest absolute Gasteiger partial charge is 0.490 e. The maximum absolute atomic E-state index is 11.4. The number of amides is 1. The van der Waals surface area contributed by atoms with Crippen molar-refractivity contribution in [3.63, 3.8) is 0 Å². The first kappa shape index (κ1) is 26.7. The molecule has 3 aromatic rings. The summed E-state index contributed by atoms with van der Waals surface area (Å²) >= 11 is 0. The number of fused-ring (bicyclic) bond motifs is 1. The number of primary amides is 1. The summed E-state index contributed by atoms with van der Waals surface area (Å²) in [5.74, 6) is -2.32. The summed E-state index contributed by atoms with van der Waals surface area (Å²) in [5.41, 5.74) is 12.0. The van der Waals surface area contributed by atoms with Crippen LogP contribution in [0.3, 0.4) is 0 Å². The quantitative estimate of drug-likeness (QED) is 0.414. The molecule has 0 unspecified atom stereocenters. The van der Waals surface area contributed by atoms with Crippen molar-refractivity contribution in [3.05, 3.63) is 89.0 Å². The van der Waals surface area contributed by atoms with Crippen molar-refractivity contribution in [2.24, 2.45) is 5.73 Å². The Hall–Kier alpha value is -3.85. The highest BCUT2D eigenvalue weighted by Gasteiger charge is 2.38. The van der Waals surface area contributed by atoms with Crippen LogP contribution < -0.4 is 15.8 Å². The first-order valence-electron chi connectivity index (χ1n) is 11.3. The number of carboxylic acids is 1. The Bertz CT molecular complexity index is 1200. The molecule has 0 atom stereocenters. The monoisotopic (exact) mass is 500 g/mol. The Morgan fingerprint density at radius 3 is 2.22 bits per heavy atom. The van der Waals surface area contributed by atoms with Gasteiger partial charge >= 0.3 is 12.1 Å². The molecular formula is C27H27F3N2O4. The predicted octanol–water partition coefficient (Wildman–Crippen LogP) is 4.53. The number of carboxylic acid groups (broad SMARTS) is 1. The summed E-state index contributed by atoms with van der Waals surface area (Å²) in [4.78, 5) is 20.3. The number of aryl methyl sites for hydroxylation is 1. The number of nitrogens with two attached hydrogens (primary N) is 1. The van der Waals surface area contributed by atoms with E-state index in [2.05, 4.69) is 29.6 Å². The number of aliphatic carboxylic acids is 1. The Kier molecular flexibility index (Phi) is 8.71. The van der Waals surface area contributed by atoms with Crippen LogP contribution in [0.15, 0.2) is 66.7 Å². The number of alkyl halides is 3. The third-order valence-corrected chi connectivity index (χ3v) is 5.75. The second-order valence-corrected chi connectivity index (χ2v) is 8.40. The summed E-state index contributed by atoms with van der Waals surface area (Å²) in [6, 6.07) is 22.7. The van der Waals surface area contributed by atoms with E-state index in [1.807, 2.05) is 43.3 Å². The molecule has 1 aliphatic carbocycles. The molecule has 0 saturated heterocycles. The number of benzene rings is 3. The minimum atomic E-state index is -5.08. The van der Waals surface area contributed by atoms with Crippen LogP contribution in [0.5, 0.6) is 5.75 Å². The van der Waals surface area contributed by atoms with Gasteiger partial charge in [0.1, 0.15) is 12.4 Å². The Labute approximate surface area is 206 Å². The average Bonchev–Trinajstić information content (AvgIpc) is 3.24. The lowest BCUT2D eigenvalue weighted by atomic mass is 9.98. The predicted molar refractivity (Wildman–Crippen MR) is 130 cm³/mol. The van der Waals surface area contributed by atoms with Crippen molar-refractivity contribution in [2.45, 2.75) is 32.0 Å². The lowest BCUT2D eigenvalue weighted by Gasteiger charge is -2.13. The van der Waals surface area contributed by atoms with E-state index in [0.717, 1.165) is 41.8 Å². The zero-order chi connectivity index (χ0) is 26.3. The minimum absolute atomic E-state index is 0.408. The van der Waals surface area contributed by atoms with E-state index in [1.54, 1.807) is 6.07 Å². The highest BCUT2D eigenvalue weighted by molar-refractivity contribution is 5.93. The Morgan fingerprint density at radius 2 is 1.67 bits per heavy atom. The molecule has 4 N–H and O–H groups in total. The third-order valence-electron chi connectivity index (χ3n) is 5.75. The van der Waals surface area contributed by atoms with Crippen LogP contribution in [0, 0.1) is 6.92 Å². The molecule has 190 valence electrons. The van der Waals surface area contributed by atoms with Gasteiger partial charge in [-0.1, -0.05) is 42.5 Å². The first-order chi connectivity index (χ1) is 17.0. The van der Waals surface area contributed by atoms with Gasteiger partial charge in [-0.2, -0.15) is 13.2 Å². The van der Waals surface area contributed by atoms with Gasteiger partial charge < -0.3 is 20.9 Å². The Balaban J connectivity index is 0.000000454. The van der Waals surface area contributed by atoms with Gasteiger partial charge in [-0.15, -0.1) is 0 Å². The van der Waals surface area contributed by atoms with Gasteiger partial charge in [0, 0.05) is 18.2 Å². The number of halogens is 3. The molecule has 0 bridgehead atoms. The van der Waals surface area contributed by atoms with Gasteiger partial charge in [0.2, 0.25) is 5.91 Å². The van der Waals surface area contributed by atoms with Crippen molar-refractivity contribution in [3.8, 4) is 16.9 Å². The summed E-state index contributed by atoms with van der Waals surface area (Å²) in [5, 5.41) is 10.7. The van der Waals surface area contributed by atoms with Crippen molar-refractivity contribution >= 4 is 11.9 Å². The normalized spacial score (nSPS) is 12.9. The number of carbonyl (C=O) groups is 2. The zero-order valence-corrected chi connectivity index (χ0v) is 19.6. The maximum Gasteiger partial charge on any atom is 0.490 e. The van der Waals surface area contributed by atoms with E-state index in [0.29, 0.717) is 18.2 Å². The number of ether oxygens (including phenoxy) is 1. The third kappa shape index (κ3) is 7.32. The highest BCUT2D eigenvalue weighted by Crippen LogP contribution is 2.27. The highest BCUT2D eigenvalue weighted by atomic mass is 19.4. The molecule has 4 rings (SSSR count). The van der Waals surface area contributed by atoms with Crippen LogP contribution in [-0.4, -0.2) is 42.4 Å². The molecule has 9 heteroatoms. The Morgan fingerprint density at radius 1 is 1.03 bits per heavy atom. The fourth-order valence-electron chi connectivity index (χ4n) is 4.03. The lowest BCUT2D eigenvalue weighted by molar-refractivity contribution is -0.192. The van der Waals surface area contributed by atoms with E-state index in [1.165, 1.54) is 11.1 Å². The molecule has 0 heterocycles. The zero-order valence-electron chi connectivity index (χ0n) is 19.6.